The first-order valence-electron chi connectivity index (χ1n) is 5.99. The molecule has 0 spiro atoms. The lowest BCUT2D eigenvalue weighted by atomic mass is 10.0. The van der Waals surface area contributed by atoms with Crippen molar-refractivity contribution in [3.05, 3.63) is 53.9 Å². The summed E-state index contributed by atoms with van der Waals surface area (Å²) in [5.74, 6) is 1.51. The van der Waals surface area contributed by atoms with Crippen LogP contribution in [0.3, 0.4) is 0 Å². The first kappa shape index (κ1) is 13.9. The van der Waals surface area contributed by atoms with Crippen LogP contribution < -0.4 is 9.47 Å². The Morgan fingerprint density at radius 3 is 2.37 bits per heavy atom. The minimum atomic E-state index is 0.258. The molecule has 1 heterocycles. The van der Waals surface area contributed by atoms with Gasteiger partial charge in [0.05, 0.1) is 14.2 Å². The topological polar surface area (TPSA) is 31.4 Å². The Kier molecular flexibility index (Phi) is 4.80. The summed E-state index contributed by atoms with van der Waals surface area (Å²) in [6.07, 6.45) is 4.49. The monoisotopic (exact) mass is 321 g/mol. The first-order chi connectivity index (χ1) is 9.24. The largest absolute Gasteiger partial charge is 0.493 e. The van der Waals surface area contributed by atoms with Gasteiger partial charge < -0.3 is 9.47 Å². The number of ether oxygens (including phenoxy) is 2. The van der Waals surface area contributed by atoms with Crippen LogP contribution in [-0.2, 0) is 6.42 Å². The maximum atomic E-state index is 5.31. The average Bonchev–Trinajstić information content (AvgIpc) is 2.48. The molecule has 100 valence electrons. The molecule has 1 aromatic carbocycles. The zero-order valence-electron chi connectivity index (χ0n) is 11.0. The molecule has 2 rings (SSSR count). The third-order valence-electron chi connectivity index (χ3n) is 2.93. The van der Waals surface area contributed by atoms with Gasteiger partial charge >= 0.3 is 0 Å². The van der Waals surface area contributed by atoms with Crippen molar-refractivity contribution in [1.82, 2.24) is 4.98 Å². The summed E-state index contributed by atoms with van der Waals surface area (Å²) >= 11 is 3.70. The molecule has 1 aromatic heterocycles. The number of alkyl halides is 1. The minimum Gasteiger partial charge on any atom is -0.493 e. The van der Waals surface area contributed by atoms with E-state index in [0.717, 1.165) is 17.9 Å². The quantitative estimate of drug-likeness (QED) is 0.785. The van der Waals surface area contributed by atoms with Gasteiger partial charge in [0, 0.05) is 17.2 Å². The molecule has 0 saturated carbocycles. The molecular formula is C15H16BrNO2. The molecule has 19 heavy (non-hydrogen) atoms. The van der Waals surface area contributed by atoms with Crippen LogP contribution in [0.5, 0.6) is 11.5 Å². The van der Waals surface area contributed by atoms with Crippen molar-refractivity contribution in [1.29, 1.82) is 0 Å². The number of hydrogen-bond donors (Lipinski definition) is 0. The van der Waals surface area contributed by atoms with Gasteiger partial charge in [0.2, 0.25) is 0 Å². The standard InChI is InChI=1S/C15H16BrNO2/c1-18-14-4-3-11(10-15(14)19-2)9-13(16)12-5-7-17-8-6-12/h3-8,10,13H,9H2,1-2H3. The Morgan fingerprint density at radius 1 is 1.05 bits per heavy atom. The van der Waals surface area contributed by atoms with E-state index in [4.69, 9.17) is 9.47 Å². The molecule has 0 radical (unpaired) electrons. The van der Waals surface area contributed by atoms with Crippen molar-refractivity contribution in [2.24, 2.45) is 0 Å². The van der Waals surface area contributed by atoms with Crippen LogP contribution in [0.15, 0.2) is 42.7 Å². The highest BCUT2D eigenvalue weighted by Crippen LogP contribution is 2.32. The van der Waals surface area contributed by atoms with E-state index in [2.05, 4.69) is 27.0 Å². The lowest BCUT2D eigenvalue weighted by Crippen LogP contribution is -1.97. The average molecular weight is 322 g/mol. The molecule has 0 aliphatic rings. The fraction of sp³-hybridized carbons (Fsp3) is 0.267. The van der Waals surface area contributed by atoms with E-state index in [1.54, 1.807) is 26.6 Å². The number of pyridine rings is 1. The van der Waals surface area contributed by atoms with E-state index in [-0.39, 0.29) is 4.83 Å². The molecule has 1 atom stereocenters. The summed E-state index contributed by atoms with van der Waals surface area (Å²) < 4.78 is 10.5. The van der Waals surface area contributed by atoms with Gasteiger partial charge in [-0.2, -0.15) is 0 Å². The van der Waals surface area contributed by atoms with Gasteiger partial charge in [-0.3, -0.25) is 4.98 Å². The van der Waals surface area contributed by atoms with Gasteiger partial charge in [-0.25, -0.2) is 0 Å². The number of rotatable bonds is 5. The van der Waals surface area contributed by atoms with Crippen LogP contribution in [0.4, 0.5) is 0 Å². The number of methoxy groups -OCH3 is 2. The predicted molar refractivity (Wildman–Crippen MR) is 79.2 cm³/mol. The summed E-state index contributed by atoms with van der Waals surface area (Å²) in [5.41, 5.74) is 2.40. The predicted octanol–water partition coefficient (Wildman–Crippen LogP) is 3.78. The third-order valence-corrected chi connectivity index (χ3v) is 3.78. The number of aromatic nitrogens is 1. The smallest absolute Gasteiger partial charge is 0.160 e. The Balaban J connectivity index is 2.15. The summed E-state index contributed by atoms with van der Waals surface area (Å²) in [6.45, 7) is 0. The van der Waals surface area contributed by atoms with Crippen molar-refractivity contribution < 1.29 is 9.47 Å². The van der Waals surface area contributed by atoms with E-state index in [0.29, 0.717) is 0 Å². The summed E-state index contributed by atoms with van der Waals surface area (Å²) in [7, 11) is 3.29. The summed E-state index contributed by atoms with van der Waals surface area (Å²) in [6, 6.07) is 10.0. The Labute approximate surface area is 121 Å². The normalized spacial score (nSPS) is 11.9. The molecule has 2 aromatic rings. The van der Waals surface area contributed by atoms with Crippen LogP contribution in [0, 0.1) is 0 Å². The second-order valence-corrected chi connectivity index (χ2v) is 5.25. The number of hydrogen-bond acceptors (Lipinski definition) is 3. The van der Waals surface area contributed by atoms with Crippen molar-refractivity contribution in [2.75, 3.05) is 14.2 Å². The molecule has 0 aliphatic carbocycles. The molecule has 4 heteroatoms. The number of halogens is 1. The third kappa shape index (κ3) is 3.47. The van der Waals surface area contributed by atoms with Crippen LogP contribution in [-0.4, -0.2) is 19.2 Å². The van der Waals surface area contributed by atoms with E-state index in [1.165, 1.54) is 11.1 Å². The Hall–Kier alpha value is -1.55. The summed E-state index contributed by atoms with van der Waals surface area (Å²) in [4.78, 5) is 4.29. The van der Waals surface area contributed by atoms with Crippen molar-refractivity contribution >= 4 is 15.9 Å². The molecular weight excluding hydrogens is 306 g/mol. The Bertz CT molecular complexity index is 531. The van der Waals surface area contributed by atoms with Crippen LogP contribution >= 0.6 is 15.9 Å². The lowest BCUT2D eigenvalue weighted by Gasteiger charge is -2.13. The van der Waals surface area contributed by atoms with Crippen molar-refractivity contribution in [3.8, 4) is 11.5 Å². The molecule has 0 amide bonds. The molecule has 0 bridgehead atoms. The number of nitrogens with zero attached hydrogens (tertiary/aromatic N) is 1. The van der Waals surface area contributed by atoms with E-state index in [1.807, 2.05) is 24.3 Å². The highest BCUT2D eigenvalue weighted by molar-refractivity contribution is 9.09. The Morgan fingerprint density at radius 2 is 1.74 bits per heavy atom. The van der Waals surface area contributed by atoms with Gasteiger partial charge in [0.25, 0.3) is 0 Å². The second kappa shape index (κ2) is 6.57. The zero-order valence-corrected chi connectivity index (χ0v) is 12.6. The molecule has 0 N–H and O–H groups in total. The highest BCUT2D eigenvalue weighted by atomic mass is 79.9. The maximum absolute atomic E-state index is 5.31. The van der Waals surface area contributed by atoms with E-state index < -0.39 is 0 Å². The van der Waals surface area contributed by atoms with Gasteiger partial charge in [-0.05, 0) is 41.8 Å². The second-order valence-electron chi connectivity index (χ2n) is 4.14. The number of benzene rings is 1. The van der Waals surface area contributed by atoms with Gasteiger partial charge in [0.1, 0.15) is 0 Å². The van der Waals surface area contributed by atoms with Crippen LogP contribution in [0.2, 0.25) is 0 Å². The first-order valence-corrected chi connectivity index (χ1v) is 6.91. The molecule has 0 aliphatic heterocycles. The molecule has 0 fully saturated rings. The van der Waals surface area contributed by atoms with Gasteiger partial charge in [-0.1, -0.05) is 22.0 Å². The van der Waals surface area contributed by atoms with Crippen molar-refractivity contribution in [3.63, 3.8) is 0 Å². The zero-order chi connectivity index (χ0) is 13.7. The van der Waals surface area contributed by atoms with Crippen LogP contribution in [0.1, 0.15) is 16.0 Å². The minimum absolute atomic E-state index is 0.258. The van der Waals surface area contributed by atoms with Gasteiger partial charge in [-0.15, -0.1) is 0 Å². The lowest BCUT2D eigenvalue weighted by molar-refractivity contribution is 0.354. The highest BCUT2D eigenvalue weighted by Gasteiger charge is 2.10. The van der Waals surface area contributed by atoms with Crippen molar-refractivity contribution in [2.45, 2.75) is 11.2 Å². The molecule has 3 nitrogen and oxygen atoms in total. The molecule has 0 saturated heterocycles. The van der Waals surface area contributed by atoms with E-state index >= 15 is 0 Å². The van der Waals surface area contributed by atoms with Crippen LogP contribution in [0.25, 0.3) is 0 Å². The summed E-state index contributed by atoms with van der Waals surface area (Å²) in [5, 5.41) is 0. The van der Waals surface area contributed by atoms with E-state index in [9.17, 15) is 0 Å². The fourth-order valence-electron chi connectivity index (χ4n) is 1.90. The fourth-order valence-corrected chi connectivity index (χ4v) is 2.58. The molecule has 1 unspecified atom stereocenters. The maximum Gasteiger partial charge on any atom is 0.160 e. The SMILES string of the molecule is COc1ccc(CC(Br)c2ccncc2)cc1OC. The van der Waals surface area contributed by atoms with Gasteiger partial charge in [0.15, 0.2) is 11.5 Å².